The van der Waals surface area contributed by atoms with E-state index in [0.29, 0.717) is 13.1 Å². The standard InChI is InChI=1S/C14H23N5O2/c1-14(2,3)21-13(20)19-7-5-18(6-8-19)12-9-11(15-4)16-10-17-12/h9-10H,5-8H2,1-4H3,(H,15,16,17). The minimum Gasteiger partial charge on any atom is -0.444 e. The van der Waals surface area contributed by atoms with E-state index in [4.69, 9.17) is 4.74 Å². The van der Waals surface area contributed by atoms with Crippen LogP contribution in [0.4, 0.5) is 16.4 Å². The molecule has 1 aliphatic heterocycles. The van der Waals surface area contributed by atoms with Crippen LogP contribution in [0.2, 0.25) is 0 Å². The summed E-state index contributed by atoms with van der Waals surface area (Å²) in [6.07, 6.45) is 1.29. The highest BCUT2D eigenvalue weighted by Gasteiger charge is 2.26. The molecule has 2 rings (SSSR count). The summed E-state index contributed by atoms with van der Waals surface area (Å²) in [5.74, 6) is 1.66. The lowest BCUT2D eigenvalue weighted by Crippen LogP contribution is -2.50. The predicted octanol–water partition coefficient (Wildman–Crippen LogP) is 1.58. The van der Waals surface area contributed by atoms with Crippen LogP contribution >= 0.6 is 0 Å². The van der Waals surface area contributed by atoms with Crippen molar-refractivity contribution in [2.75, 3.05) is 43.4 Å². The van der Waals surface area contributed by atoms with Gasteiger partial charge in [-0.25, -0.2) is 14.8 Å². The Hall–Kier alpha value is -2.05. The van der Waals surface area contributed by atoms with Crippen molar-refractivity contribution in [3.8, 4) is 0 Å². The number of piperazine rings is 1. The summed E-state index contributed by atoms with van der Waals surface area (Å²) in [6, 6.07) is 1.91. The highest BCUT2D eigenvalue weighted by molar-refractivity contribution is 5.68. The SMILES string of the molecule is CNc1cc(N2CCN(C(=O)OC(C)(C)C)CC2)ncn1. The lowest BCUT2D eigenvalue weighted by atomic mass is 10.2. The van der Waals surface area contributed by atoms with Crippen LogP contribution in [-0.2, 0) is 4.74 Å². The number of nitrogens with one attached hydrogen (secondary N) is 1. The Kier molecular flexibility index (Phi) is 4.50. The number of ether oxygens (including phenoxy) is 1. The molecule has 0 spiro atoms. The Labute approximate surface area is 125 Å². The van der Waals surface area contributed by atoms with Crippen molar-refractivity contribution in [2.24, 2.45) is 0 Å². The lowest BCUT2D eigenvalue weighted by Gasteiger charge is -2.36. The van der Waals surface area contributed by atoms with E-state index in [2.05, 4.69) is 20.2 Å². The van der Waals surface area contributed by atoms with Gasteiger partial charge in [0, 0.05) is 39.3 Å². The molecule has 1 saturated heterocycles. The number of nitrogens with zero attached hydrogens (tertiary/aromatic N) is 4. The number of carbonyl (C=O) groups is 1. The third kappa shape index (κ3) is 4.21. The fourth-order valence-corrected chi connectivity index (χ4v) is 2.10. The molecule has 0 aliphatic carbocycles. The van der Waals surface area contributed by atoms with Crippen molar-refractivity contribution >= 4 is 17.7 Å². The minimum atomic E-state index is -0.456. The van der Waals surface area contributed by atoms with Gasteiger partial charge in [-0.15, -0.1) is 0 Å². The maximum Gasteiger partial charge on any atom is 0.410 e. The van der Waals surface area contributed by atoms with Gasteiger partial charge in [-0.2, -0.15) is 0 Å². The Morgan fingerprint density at radius 1 is 1.24 bits per heavy atom. The summed E-state index contributed by atoms with van der Waals surface area (Å²) in [5.41, 5.74) is -0.456. The highest BCUT2D eigenvalue weighted by atomic mass is 16.6. The predicted molar refractivity (Wildman–Crippen MR) is 81.6 cm³/mol. The second-order valence-corrected chi connectivity index (χ2v) is 5.97. The first-order valence-electron chi connectivity index (χ1n) is 7.12. The second kappa shape index (κ2) is 6.15. The number of amides is 1. The Balaban J connectivity index is 1.92. The largest absolute Gasteiger partial charge is 0.444 e. The number of carbonyl (C=O) groups excluding carboxylic acids is 1. The fourth-order valence-electron chi connectivity index (χ4n) is 2.10. The van der Waals surface area contributed by atoms with Gasteiger partial charge < -0.3 is 19.9 Å². The van der Waals surface area contributed by atoms with Crippen LogP contribution < -0.4 is 10.2 Å². The molecule has 1 amide bonds. The van der Waals surface area contributed by atoms with E-state index in [-0.39, 0.29) is 6.09 Å². The topological polar surface area (TPSA) is 70.6 Å². The monoisotopic (exact) mass is 293 g/mol. The van der Waals surface area contributed by atoms with Crippen molar-refractivity contribution in [1.82, 2.24) is 14.9 Å². The Morgan fingerprint density at radius 2 is 1.90 bits per heavy atom. The summed E-state index contributed by atoms with van der Waals surface area (Å²) >= 11 is 0. The summed E-state index contributed by atoms with van der Waals surface area (Å²) in [7, 11) is 1.83. The lowest BCUT2D eigenvalue weighted by molar-refractivity contribution is 0.0240. The van der Waals surface area contributed by atoms with E-state index in [0.717, 1.165) is 24.7 Å². The summed E-state index contributed by atoms with van der Waals surface area (Å²) in [5, 5.41) is 3.00. The zero-order chi connectivity index (χ0) is 15.5. The molecule has 116 valence electrons. The summed E-state index contributed by atoms with van der Waals surface area (Å²) in [4.78, 5) is 24.3. The zero-order valence-electron chi connectivity index (χ0n) is 13.1. The average molecular weight is 293 g/mol. The molecular weight excluding hydrogens is 270 g/mol. The average Bonchev–Trinajstić information content (AvgIpc) is 2.46. The van der Waals surface area contributed by atoms with Gasteiger partial charge in [0.2, 0.25) is 0 Å². The molecule has 2 heterocycles. The zero-order valence-corrected chi connectivity index (χ0v) is 13.1. The van der Waals surface area contributed by atoms with Crippen LogP contribution in [0, 0.1) is 0 Å². The number of anilines is 2. The van der Waals surface area contributed by atoms with E-state index in [1.807, 2.05) is 33.9 Å². The van der Waals surface area contributed by atoms with Gasteiger partial charge in [-0.1, -0.05) is 0 Å². The molecule has 1 aliphatic rings. The van der Waals surface area contributed by atoms with Crippen LogP contribution in [0.15, 0.2) is 12.4 Å². The maximum atomic E-state index is 12.0. The minimum absolute atomic E-state index is 0.249. The molecule has 1 fully saturated rings. The summed E-state index contributed by atoms with van der Waals surface area (Å²) < 4.78 is 5.39. The molecule has 0 radical (unpaired) electrons. The number of hydrogen-bond acceptors (Lipinski definition) is 6. The molecule has 7 heteroatoms. The van der Waals surface area contributed by atoms with Gasteiger partial charge in [-0.05, 0) is 20.8 Å². The molecule has 21 heavy (non-hydrogen) atoms. The van der Waals surface area contributed by atoms with Crippen molar-refractivity contribution in [2.45, 2.75) is 26.4 Å². The van der Waals surface area contributed by atoms with E-state index >= 15 is 0 Å². The van der Waals surface area contributed by atoms with Gasteiger partial charge in [0.1, 0.15) is 23.6 Å². The smallest absolute Gasteiger partial charge is 0.410 e. The molecule has 7 nitrogen and oxygen atoms in total. The molecule has 0 saturated carbocycles. The van der Waals surface area contributed by atoms with Gasteiger partial charge in [-0.3, -0.25) is 0 Å². The first-order chi connectivity index (χ1) is 9.89. The molecule has 1 aromatic heterocycles. The quantitative estimate of drug-likeness (QED) is 0.892. The normalized spacial score (nSPS) is 15.8. The first kappa shape index (κ1) is 15.3. The molecule has 0 unspecified atom stereocenters. The van der Waals surface area contributed by atoms with Crippen LogP contribution in [0.5, 0.6) is 0 Å². The van der Waals surface area contributed by atoms with Gasteiger partial charge in [0.25, 0.3) is 0 Å². The van der Waals surface area contributed by atoms with E-state index in [9.17, 15) is 4.79 Å². The number of hydrogen-bond donors (Lipinski definition) is 1. The van der Waals surface area contributed by atoms with Crippen molar-refractivity contribution in [1.29, 1.82) is 0 Å². The fraction of sp³-hybridized carbons (Fsp3) is 0.643. The number of rotatable bonds is 2. The molecule has 0 atom stereocenters. The van der Waals surface area contributed by atoms with Gasteiger partial charge in [0.05, 0.1) is 0 Å². The Morgan fingerprint density at radius 3 is 2.48 bits per heavy atom. The van der Waals surface area contributed by atoms with Gasteiger partial charge in [0.15, 0.2) is 0 Å². The number of aromatic nitrogens is 2. The first-order valence-corrected chi connectivity index (χ1v) is 7.12. The maximum absolute atomic E-state index is 12.0. The molecule has 1 aromatic rings. The molecular formula is C14H23N5O2. The van der Waals surface area contributed by atoms with Crippen molar-refractivity contribution in [3.05, 3.63) is 12.4 Å². The van der Waals surface area contributed by atoms with Crippen molar-refractivity contribution in [3.63, 3.8) is 0 Å². The van der Waals surface area contributed by atoms with E-state index in [1.165, 1.54) is 0 Å². The van der Waals surface area contributed by atoms with Crippen LogP contribution in [0.25, 0.3) is 0 Å². The third-order valence-electron chi connectivity index (χ3n) is 3.16. The van der Waals surface area contributed by atoms with Crippen LogP contribution in [0.1, 0.15) is 20.8 Å². The molecule has 0 bridgehead atoms. The molecule has 0 aromatic carbocycles. The van der Waals surface area contributed by atoms with Crippen LogP contribution in [0.3, 0.4) is 0 Å². The second-order valence-electron chi connectivity index (χ2n) is 5.97. The molecule has 1 N–H and O–H groups in total. The summed E-state index contributed by atoms with van der Waals surface area (Å²) in [6.45, 7) is 8.37. The van der Waals surface area contributed by atoms with E-state index < -0.39 is 5.60 Å². The Bertz CT molecular complexity index is 492. The van der Waals surface area contributed by atoms with Gasteiger partial charge >= 0.3 is 6.09 Å². The third-order valence-corrected chi connectivity index (χ3v) is 3.16. The highest BCUT2D eigenvalue weighted by Crippen LogP contribution is 2.17. The van der Waals surface area contributed by atoms with E-state index in [1.54, 1.807) is 11.2 Å². The van der Waals surface area contributed by atoms with Crippen LogP contribution in [-0.4, -0.2) is 59.8 Å². The van der Waals surface area contributed by atoms with Crippen molar-refractivity contribution < 1.29 is 9.53 Å².